The molecule has 98 valence electrons. The van der Waals surface area contributed by atoms with Crippen LogP contribution in [0, 0.1) is 11.8 Å². The second kappa shape index (κ2) is 6.20. The van der Waals surface area contributed by atoms with Crippen LogP contribution < -0.4 is 5.73 Å². The molecular weight excluding hydrogens is 244 g/mol. The fraction of sp³-hybridized carbons (Fsp3) is 0.615. The molecule has 2 rings (SSSR count). The lowest BCUT2D eigenvalue weighted by atomic mass is 9.88. The van der Waals surface area contributed by atoms with Gasteiger partial charge in [0.2, 0.25) is 0 Å². The van der Waals surface area contributed by atoms with E-state index in [-0.39, 0.29) is 0 Å². The maximum absolute atomic E-state index is 5.66. The number of aryl methyl sites for hydroxylation is 1. The molecule has 0 aromatic carbocycles. The molecule has 2 heterocycles. The third kappa shape index (κ3) is 3.23. The molecule has 0 amide bonds. The van der Waals surface area contributed by atoms with Gasteiger partial charge in [0.25, 0.3) is 0 Å². The topological polar surface area (TPSA) is 64.7 Å². The monoisotopic (exact) mass is 264 g/mol. The number of nitrogens with zero attached hydrogens (tertiary/aromatic N) is 3. The highest BCUT2D eigenvalue weighted by Crippen LogP contribution is 2.24. The molecular formula is C13H20N4S. The van der Waals surface area contributed by atoms with Gasteiger partial charge in [-0.1, -0.05) is 25.2 Å². The maximum atomic E-state index is 5.66. The van der Waals surface area contributed by atoms with Gasteiger partial charge >= 0.3 is 0 Å². The molecule has 0 aliphatic heterocycles. The fourth-order valence-corrected chi connectivity index (χ4v) is 3.04. The summed E-state index contributed by atoms with van der Waals surface area (Å²) < 4.78 is 0. The minimum atomic E-state index is 0.680. The predicted octanol–water partition coefficient (Wildman–Crippen LogP) is 2.64. The smallest absolute Gasteiger partial charge is 0.189 e. The zero-order valence-electron chi connectivity index (χ0n) is 11.0. The molecule has 1 atom stereocenters. The Hall–Kier alpha value is -1.07. The lowest BCUT2D eigenvalue weighted by Gasteiger charge is -2.19. The van der Waals surface area contributed by atoms with Gasteiger partial charge in [-0.3, -0.25) is 0 Å². The lowest BCUT2D eigenvalue weighted by molar-refractivity contribution is 0.341. The standard InChI is InChI=1S/C13H20N4S/c1-9(2)10(5-6-14)3-4-11-17-12-13(18-11)16-8-7-15-12/h7-10H,3-6,14H2,1-2H3. The molecule has 1 unspecified atom stereocenters. The minimum absolute atomic E-state index is 0.680. The van der Waals surface area contributed by atoms with Crippen LogP contribution in [0.3, 0.4) is 0 Å². The Labute approximate surface area is 112 Å². The fourth-order valence-electron chi connectivity index (χ4n) is 2.16. The van der Waals surface area contributed by atoms with Crippen molar-refractivity contribution < 1.29 is 0 Å². The van der Waals surface area contributed by atoms with Crippen LogP contribution in [0.5, 0.6) is 0 Å². The number of aromatic nitrogens is 3. The second-order valence-electron chi connectivity index (χ2n) is 4.91. The van der Waals surface area contributed by atoms with E-state index in [9.17, 15) is 0 Å². The van der Waals surface area contributed by atoms with Gasteiger partial charge in [-0.05, 0) is 37.6 Å². The number of fused-ring (bicyclic) bond motifs is 1. The lowest BCUT2D eigenvalue weighted by Crippen LogP contribution is -2.15. The first-order chi connectivity index (χ1) is 8.70. The van der Waals surface area contributed by atoms with Crippen LogP contribution in [0.15, 0.2) is 12.4 Å². The average Bonchev–Trinajstić information content (AvgIpc) is 2.76. The van der Waals surface area contributed by atoms with Crippen molar-refractivity contribution in [1.82, 2.24) is 15.0 Å². The van der Waals surface area contributed by atoms with Crippen molar-refractivity contribution in [3.8, 4) is 0 Å². The van der Waals surface area contributed by atoms with Crippen molar-refractivity contribution in [3.05, 3.63) is 17.4 Å². The molecule has 0 saturated carbocycles. The molecule has 2 N–H and O–H groups in total. The van der Waals surface area contributed by atoms with Gasteiger partial charge in [0.1, 0.15) is 0 Å². The molecule has 18 heavy (non-hydrogen) atoms. The van der Waals surface area contributed by atoms with Crippen molar-refractivity contribution in [1.29, 1.82) is 0 Å². The first-order valence-electron chi connectivity index (χ1n) is 6.47. The predicted molar refractivity (Wildman–Crippen MR) is 75.5 cm³/mol. The maximum Gasteiger partial charge on any atom is 0.189 e. The Morgan fingerprint density at radius 1 is 1.22 bits per heavy atom. The molecule has 0 radical (unpaired) electrons. The summed E-state index contributed by atoms with van der Waals surface area (Å²) in [5.41, 5.74) is 6.44. The summed E-state index contributed by atoms with van der Waals surface area (Å²) >= 11 is 1.65. The van der Waals surface area contributed by atoms with Crippen LogP contribution >= 0.6 is 11.3 Å². The number of nitrogens with two attached hydrogens (primary N) is 1. The highest BCUT2D eigenvalue weighted by molar-refractivity contribution is 7.18. The summed E-state index contributed by atoms with van der Waals surface area (Å²) in [5.74, 6) is 1.36. The highest BCUT2D eigenvalue weighted by Gasteiger charge is 2.14. The third-order valence-corrected chi connectivity index (χ3v) is 4.31. The van der Waals surface area contributed by atoms with E-state index >= 15 is 0 Å². The van der Waals surface area contributed by atoms with E-state index in [2.05, 4.69) is 28.8 Å². The summed E-state index contributed by atoms with van der Waals surface area (Å²) in [6.45, 7) is 5.30. The summed E-state index contributed by atoms with van der Waals surface area (Å²) in [7, 11) is 0. The number of hydrogen-bond acceptors (Lipinski definition) is 5. The van der Waals surface area contributed by atoms with Crippen molar-refractivity contribution in [2.75, 3.05) is 6.54 Å². The van der Waals surface area contributed by atoms with Gasteiger partial charge in [0.05, 0.1) is 5.01 Å². The largest absolute Gasteiger partial charge is 0.330 e. The van der Waals surface area contributed by atoms with Crippen LogP contribution in [0.25, 0.3) is 10.5 Å². The number of thiazole rings is 1. The van der Waals surface area contributed by atoms with Gasteiger partial charge in [0.15, 0.2) is 10.5 Å². The minimum Gasteiger partial charge on any atom is -0.330 e. The van der Waals surface area contributed by atoms with E-state index in [0.29, 0.717) is 11.8 Å². The Balaban J connectivity index is 2.00. The Bertz CT molecular complexity index is 461. The van der Waals surface area contributed by atoms with Gasteiger partial charge in [-0.15, -0.1) is 0 Å². The molecule has 0 aliphatic carbocycles. The first-order valence-corrected chi connectivity index (χ1v) is 7.29. The molecule has 0 aliphatic rings. The summed E-state index contributed by atoms with van der Waals surface area (Å²) in [4.78, 5) is 13.9. The molecule has 0 bridgehead atoms. The van der Waals surface area contributed by atoms with E-state index in [1.165, 1.54) is 0 Å². The van der Waals surface area contributed by atoms with Crippen LogP contribution in [0.1, 0.15) is 31.7 Å². The molecule has 2 aromatic rings. The van der Waals surface area contributed by atoms with E-state index in [1.54, 1.807) is 23.7 Å². The van der Waals surface area contributed by atoms with Gasteiger partial charge in [-0.2, -0.15) is 0 Å². The van der Waals surface area contributed by atoms with Crippen LogP contribution in [0.4, 0.5) is 0 Å². The van der Waals surface area contributed by atoms with E-state index < -0.39 is 0 Å². The van der Waals surface area contributed by atoms with Gasteiger partial charge in [0, 0.05) is 12.4 Å². The van der Waals surface area contributed by atoms with Crippen molar-refractivity contribution in [2.24, 2.45) is 17.6 Å². The van der Waals surface area contributed by atoms with Crippen LogP contribution in [-0.2, 0) is 6.42 Å². The Morgan fingerprint density at radius 2 is 2.00 bits per heavy atom. The second-order valence-corrected chi connectivity index (χ2v) is 5.97. The molecule has 0 saturated heterocycles. The first kappa shape index (κ1) is 13.4. The third-order valence-electron chi connectivity index (χ3n) is 3.30. The summed E-state index contributed by atoms with van der Waals surface area (Å²) in [6.07, 6.45) is 6.66. The summed E-state index contributed by atoms with van der Waals surface area (Å²) in [5, 5.41) is 1.14. The average molecular weight is 264 g/mol. The number of rotatable bonds is 6. The van der Waals surface area contributed by atoms with Gasteiger partial charge < -0.3 is 5.73 Å². The molecule has 0 spiro atoms. The Morgan fingerprint density at radius 3 is 2.67 bits per heavy atom. The van der Waals surface area contributed by atoms with E-state index in [1.807, 2.05) is 0 Å². The normalized spacial score (nSPS) is 13.3. The zero-order chi connectivity index (χ0) is 13.0. The molecule has 2 aromatic heterocycles. The van der Waals surface area contributed by atoms with Crippen molar-refractivity contribution >= 4 is 21.8 Å². The zero-order valence-corrected chi connectivity index (χ0v) is 11.8. The van der Waals surface area contributed by atoms with E-state index in [0.717, 1.165) is 41.3 Å². The quantitative estimate of drug-likeness (QED) is 0.871. The Kier molecular flexibility index (Phi) is 4.60. The van der Waals surface area contributed by atoms with Crippen molar-refractivity contribution in [3.63, 3.8) is 0 Å². The molecule has 0 fully saturated rings. The summed E-state index contributed by atoms with van der Waals surface area (Å²) in [6, 6.07) is 0. The molecule has 4 nitrogen and oxygen atoms in total. The highest BCUT2D eigenvalue weighted by atomic mass is 32.1. The van der Waals surface area contributed by atoms with E-state index in [4.69, 9.17) is 5.73 Å². The van der Waals surface area contributed by atoms with Crippen LogP contribution in [0.2, 0.25) is 0 Å². The van der Waals surface area contributed by atoms with Crippen LogP contribution in [-0.4, -0.2) is 21.5 Å². The molecule has 5 heteroatoms. The van der Waals surface area contributed by atoms with Gasteiger partial charge in [-0.25, -0.2) is 15.0 Å². The number of hydrogen-bond donors (Lipinski definition) is 1. The SMILES string of the molecule is CC(C)C(CCN)CCc1nc2nccnc2s1. The van der Waals surface area contributed by atoms with Crippen molar-refractivity contribution in [2.45, 2.75) is 33.1 Å².